The molecule has 0 unspecified atom stereocenters. The second kappa shape index (κ2) is 3.25. The van der Waals surface area contributed by atoms with Crippen molar-refractivity contribution in [1.29, 1.82) is 0 Å². The Labute approximate surface area is 107 Å². The molecule has 0 heterocycles. The van der Waals surface area contributed by atoms with Crippen LogP contribution in [0.2, 0.25) is 0 Å². The van der Waals surface area contributed by atoms with Gasteiger partial charge >= 0.3 is 5.97 Å². The van der Waals surface area contributed by atoms with Crippen molar-refractivity contribution in [2.45, 2.75) is 40.0 Å². The van der Waals surface area contributed by atoms with Gasteiger partial charge in [-0.05, 0) is 29.6 Å². The van der Waals surface area contributed by atoms with E-state index in [1.165, 1.54) is 0 Å². The van der Waals surface area contributed by atoms with Gasteiger partial charge in [0.05, 0.1) is 0 Å². The van der Waals surface area contributed by atoms with E-state index in [-0.39, 0.29) is 34.4 Å². The summed E-state index contributed by atoms with van der Waals surface area (Å²) in [6, 6.07) is 0. The van der Waals surface area contributed by atoms with Gasteiger partial charge in [-0.25, -0.2) is 4.79 Å². The minimum Gasteiger partial charge on any atom is -0.478 e. The van der Waals surface area contributed by atoms with Gasteiger partial charge in [-0.1, -0.05) is 26.8 Å². The largest absolute Gasteiger partial charge is 0.478 e. The lowest BCUT2D eigenvalue weighted by Gasteiger charge is -2.35. The van der Waals surface area contributed by atoms with E-state index < -0.39 is 5.97 Å². The molecular formula is C15H20O3. The molecule has 0 aliphatic heterocycles. The van der Waals surface area contributed by atoms with Crippen LogP contribution in [0.25, 0.3) is 0 Å². The van der Waals surface area contributed by atoms with Gasteiger partial charge in [0.25, 0.3) is 0 Å². The standard InChI is InChI=1S/C15H20O3/c1-8-12(16)5-11-10(13(17)18)4-9-6-14(2,3)7-15(8,9)11/h4,8-9,11H,5-7H2,1-3H3,(H,17,18)/t8-,9-,11-,15+/m1/s1. The predicted molar refractivity (Wildman–Crippen MR) is 66.9 cm³/mol. The summed E-state index contributed by atoms with van der Waals surface area (Å²) in [6.45, 7) is 6.48. The normalized spacial score (nSPS) is 44.7. The molecule has 18 heavy (non-hydrogen) atoms. The maximum Gasteiger partial charge on any atom is 0.331 e. The first kappa shape index (κ1) is 11.9. The van der Waals surface area contributed by atoms with Crippen molar-refractivity contribution in [1.82, 2.24) is 0 Å². The highest BCUT2D eigenvalue weighted by molar-refractivity contribution is 5.93. The number of Topliss-reactive ketones (excluding diaryl/α,β-unsaturated/α-hetero) is 1. The molecule has 0 aromatic heterocycles. The Morgan fingerprint density at radius 2 is 2.11 bits per heavy atom. The summed E-state index contributed by atoms with van der Waals surface area (Å²) in [5.41, 5.74) is 0.643. The summed E-state index contributed by atoms with van der Waals surface area (Å²) < 4.78 is 0. The van der Waals surface area contributed by atoms with Crippen molar-refractivity contribution in [3.8, 4) is 0 Å². The fourth-order valence-electron chi connectivity index (χ4n) is 5.01. The number of ketones is 1. The van der Waals surface area contributed by atoms with Gasteiger partial charge in [-0.3, -0.25) is 4.79 Å². The number of hydrogen-bond donors (Lipinski definition) is 1. The molecule has 3 aliphatic carbocycles. The lowest BCUT2D eigenvalue weighted by molar-refractivity contribution is -0.133. The monoisotopic (exact) mass is 248 g/mol. The van der Waals surface area contributed by atoms with E-state index in [1.54, 1.807) is 0 Å². The van der Waals surface area contributed by atoms with E-state index in [0.717, 1.165) is 12.8 Å². The molecular weight excluding hydrogens is 228 g/mol. The Bertz CT molecular complexity index is 474. The zero-order chi connectivity index (χ0) is 13.3. The fourth-order valence-corrected chi connectivity index (χ4v) is 5.01. The maximum absolute atomic E-state index is 12.1. The van der Waals surface area contributed by atoms with Crippen LogP contribution in [0, 0.1) is 28.6 Å². The summed E-state index contributed by atoms with van der Waals surface area (Å²) in [4.78, 5) is 23.5. The van der Waals surface area contributed by atoms with Crippen LogP contribution in [0.4, 0.5) is 0 Å². The van der Waals surface area contributed by atoms with Gasteiger partial charge in [0, 0.05) is 23.8 Å². The number of hydrogen-bond acceptors (Lipinski definition) is 2. The molecule has 0 aromatic carbocycles. The van der Waals surface area contributed by atoms with Crippen LogP contribution < -0.4 is 0 Å². The Kier molecular flexibility index (Phi) is 2.16. The van der Waals surface area contributed by atoms with Crippen LogP contribution in [-0.2, 0) is 9.59 Å². The van der Waals surface area contributed by atoms with E-state index in [2.05, 4.69) is 13.8 Å². The predicted octanol–water partition coefficient (Wildman–Crippen LogP) is 2.66. The molecule has 3 nitrogen and oxygen atoms in total. The summed E-state index contributed by atoms with van der Waals surface area (Å²) in [6.07, 6.45) is 4.39. The Morgan fingerprint density at radius 1 is 1.44 bits per heavy atom. The van der Waals surface area contributed by atoms with Gasteiger partial charge in [0.15, 0.2) is 0 Å². The van der Waals surface area contributed by atoms with Crippen molar-refractivity contribution in [2.24, 2.45) is 28.6 Å². The molecule has 3 aliphatic rings. The van der Waals surface area contributed by atoms with Crippen molar-refractivity contribution in [3.63, 3.8) is 0 Å². The van der Waals surface area contributed by atoms with E-state index in [9.17, 15) is 14.7 Å². The van der Waals surface area contributed by atoms with Gasteiger partial charge in [-0.15, -0.1) is 0 Å². The van der Waals surface area contributed by atoms with Crippen LogP contribution in [-0.4, -0.2) is 16.9 Å². The first-order valence-corrected chi connectivity index (χ1v) is 6.76. The molecule has 0 bridgehead atoms. The number of allylic oxidation sites excluding steroid dienone is 1. The highest BCUT2D eigenvalue weighted by Gasteiger charge is 2.66. The summed E-state index contributed by atoms with van der Waals surface area (Å²) in [5, 5.41) is 9.34. The molecule has 0 radical (unpaired) electrons. The second-order valence-electron chi connectivity index (χ2n) is 7.14. The highest BCUT2D eigenvalue weighted by Crippen LogP contribution is 2.69. The molecule has 3 heteroatoms. The number of carboxylic acid groups (broad SMARTS) is 1. The van der Waals surface area contributed by atoms with Crippen LogP contribution in [0.5, 0.6) is 0 Å². The van der Waals surface area contributed by atoms with Gasteiger partial charge < -0.3 is 5.11 Å². The summed E-state index contributed by atoms with van der Waals surface area (Å²) in [5.74, 6) is -0.306. The third-order valence-electron chi connectivity index (χ3n) is 5.59. The van der Waals surface area contributed by atoms with Gasteiger partial charge in [0.2, 0.25) is 0 Å². The SMILES string of the molecule is C[C@@H]1C(=O)C[C@@H]2C(C(=O)O)=C[C@@H]3CC(C)(C)C[C@@]312. The third kappa shape index (κ3) is 1.25. The number of carbonyl (C=O) groups is 2. The van der Waals surface area contributed by atoms with Crippen molar-refractivity contribution >= 4 is 11.8 Å². The number of aliphatic carboxylic acids is 1. The Balaban J connectivity index is 2.10. The molecule has 0 saturated heterocycles. The van der Waals surface area contributed by atoms with Crippen molar-refractivity contribution in [2.75, 3.05) is 0 Å². The maximum atomic E-state index is 12.1. The molecule has 0 amide bonds. The lowest BCUT2D eigenvalue weighted by Crippen LogP contribution is -2.33. The molecule has 2 fully saturated rings. The average Bonchev–Trinajstić information content (AvgIpc) is 2.74. The van der Waals surface area contributed by atoms with E-state index in [4.69, 9.17) is 0 Å². The fraction of sp³-hybridized carbons (Fsp3) is 0.733. The van der Waals surface area contributed by atoms with E-state index in [1.807, 2.05) is 13.0 Å². The molecule has 98 valence electrons. The van der Waals surface area contributed by atoms with Crippen LogP contribution in [0.3, 0.4) is 0 Å². The molecule has 1 spiro atoms. The lowest BCUT2D eigenvalue weighted by atomic mass is 9.67. The van der Waals surface area contributed by atoms with Crippen molar-refractivity contribution < 1.29 is 14.7 Å². The summed E-state index contributed by atoms with van der Waals surface area (Å²) in [7, 11) is 0. The second-order valence-corrected chi connectivity index (χ2v) is 7.14. The van der Waals surface area contributed by atoms with Crippen LogP contribution in [0.1, 0.15) is 40.0 Å². The average molecular weight is 248 g/mol. The minimum atomic E-state index is -0.825. The van der Waals surface area contributed by atoms with Crippen molar-refractivity contribution in [3.05, 3.63) is 11.6 Å². The Morgan fingerprint density at radius 3 is 2.72 bits per heavy atom. The minimum absolute atomic E-state index is 0.0161. The molecule has 1 N–H and O–H groups in total. The zero-order valence-electron chi connectivity index (χ0n) is 11.2. The molecule has 2 saturated carbocycles. The van der Waals surface area contributed by atoms with E-state index in [0.29, 0.717) is 12.0 Å². The molecule has 3 rings (SSSR count). The smallest absolute Gasteiger partial charge is 0.331 e. The first-order valence-electron chi connectivity index (χ1n) is 6.76. The van der Waals surface area contributed by atoms with E-state index >= 15 is 0 Å². The van der Waals surface area contributed by atoms with Gasteiger partial charge in [0.1, 0.15) is 5.78 Å². The third-order valence-corrected chi connectivity index (χ3v) is 5.59. The Hall–Kier alpha value is -1.12. The molecule has 4 atom stereocenters. The first-order chi connectivity index (χ1) is 8.28. The number of rotatable bonds is 1. The van der Waals surface area contributed by atoms with Crippen LogP contribution >= 0.6 is 0 Å². The highest BCUT2D eigenvalue weighted by atomic mass is 16.4. The zero-order valence-corrected chi connectivity index (χ0v) is 11.2. The number of carboxylic acids is 1. The van der Waals surface area contributed by atoms with Crippen LogP contribution in [0.15, 0.2) is 11.6 Å². The quantitative estimate of drug-likeness (QED) is 0.776. The topological polar surface area (TPSA) is 54.4 Å². The summed E-state index contributed by atoms with van der Waals surface area (Å²) >= 11 is 0. The van der Waals surface area contributed by atoms with Gasteiger partial charge in [-0.2, -0.15) is 0 Å². The molecule has 0 aromatic rings. The number of carbonyl (C=O) groups excluding carboxylic acids is 1.